The number of ether oxygens (including phenoxy) is 1. The minimum absolute atomic E-state index is 0.365. The summed E-state index contributed by atoms with van der Waals surface area (Å²) in [5, 5.41) is 8.51. The Hall–Kier alpha value is -1.98. The van der Waals surface area contributed by atoms with Crippen molar-refractivity contribution < 1.29 is 4.74 Å². The van der Waals surface area contributed by atoms with Crippen molar-refractivity contribution in [3.63, 3.8) is 0 Å². The zero-order chi connectivity index (χ0) is 15.2. The lowest BCUT2D eigenvalue weighted by atomic mass is 10.2. The van der Waals surface area contributed by atoms with Gasteiger partial charge >= 0.3 is 0 Å². The zero-order valence-corrected chi connectivity index (χ0v) is 13.3. The summed E-state index contributed by atoms with van der Waals surface area (Å²) < 4.78 is 5.62. The van der Waals surface area contributed by atoms with Gasteiger partial charge in [0.25, 0.3) is 0 Å². The number of para-hydroxylation sites is 1. The van der Waals surface area contributed by atoms with E-state index in [1.165, 1.54) is 11.8 Å². The fourth-order valence-corrected chi connectivity index (χ4v) is 2.94. The molecule has 2 aromatic carbocycles. The van der Waals surface area contributed by atoms with Gasteiger partial charge in [-0.05, 0) is 23.8 Å². The first-order valence-electron chi connectivity index (χ1n) is 6.76. The van der Waals surface area contributed by atoms with Gasteiger partial charge in [0.05, 0.1) is 0 Å². The van der Waals surface area contributed by atoms with E-state index in [4.69, 9.17) is 16.3 Å². The van der Waals surface area contributed by atoms with Crippen LogP contribution < -0.4 is 4.74 Å². The van der Waals surface area contributed by atoms with E-state index in [0.717, 1.165) is 22.1 Å². The minimum Gasteiger partial charge on any atom is -0.486 e. The quantitative estimate of drug-likeness (QED) is 0.683. The minimum atomic E-state index is 0.365. The van der Waals surface area contributed by atoms with Gasteiger partial charge in [-0.25, -0.2) is 4.98 Å². The Morgan fingerprint density at radius 3 is 2.64 bits per heavy atom. The van der Waals surface area contributed by atoms with E-state index in [2.05, 4.69) is 15.2 Å². The fourth-order valence-electron chi connectivity index (χ4n) is 1.83. The molecule has 0 radical (unpaired) electrons. The van der Waals surface area contributed by atoms with Crippen LogP contribution in [0.3, 0.4) is 0 Å². The average molecular weight is 332 g/mol. The lowest BCUT2D eigenvalue weighted by Gasteiger charge is -2.02. The molecule has 0 unspecified atom stereocenters. The van der Waals surface area contributed by atoms with Crippen LogP contribution in [-0.4, -0.2) is 15.2 Å². The highest BCUT2D eigenvalue weighted by atomic mass is 35.5. The van der Waals surface area contributed by atoms with Crippen molar-refractivity contribution in [3.8, 4) is 5.75 Å². The Bertz CT molecular complexity index is 733. The molecule has 22 heavy (non-hydrogen) atoms. The predicted octanol–water partition coefficient (Wildman–Crippen LogP) is 4.33. The number of hydrogen-bond donors (Lipinski definition) is 1. The van der Waals surface area contributed by atoms with Crippen molar-refractivity contribution in [3.05, 3.63) is 71.0 Å². The monoisotopic (exact) mass is 331 g/mol. The zero-order valence-electron chi connectivity index (χ0n) is 11.7. The Morgan fingerprint density at radius 2 is 1.82 bits per heavy atom. The number of benzene rings is 2. The Morgan fingerprint density at radius 1 is 1.05 bits per heavy atom. The smallest absolute Gasteiger partial charge is 0.208 e. The van der Waals surface area contributed by atoms with E-state index in [0.29, 0.717) is 17.6 Å². The maximum Gasteiger partial charge on any atom is 0.208 e. The first-order valence-corrected chi connectivity index (χ1v) is 8.13. The molecular formula is C16H14ClN3OS. The highest BCUT2D eigenvalue weighted by Gasteiger charge is 2.06. The van der Waals surface area contributed by atoms with Gasteiger partial charge in [-0.2, -0.15) is 0 Å². The lowest BCUT2D eigenvalue weighted by Crippen LogP contribution is -1.97. The molecule has 6 heteroatoms. The molecule has 0 aliphatic heterocycles. The van der Waals surface area contributed by atoms with Crippen molar-refractivity contribution >= 4 is 23.4 Å². The van der Waals surface area contributed by atoms with E-state index >= 15 is 0 Å². The van der Waals surface area contributed by atoms with E-state index in [-0.39, 0.29) is 0 Å². The number of aromatic amines is 1. The standard InChI is InChI=1S/C16H14ClN3OS/c17-14-9-5-4-6-12(14)11-22-16-18-15(19-20-16)10-21-13-7-2-1-3-8-13/h1-9H,10-11H2,(H,18,19,20). The number of hydrogen-bond acceptors (Lipinski definition) is 4. The molecule has 1 heterocycles. The molecule has 0 bridgehead atoms. The Balaban J connectivity index is 1.54. The van der Waals surface area contributed by atoms with Crippen LogP contribution in [0.1, 0.15) is 11.4 Å². The van der Waals surface area contributed by atoms with Gasteiger partial charge in [-0.3, -0.25) is 5.10 Å². The van der Waals surface area contributed by atoms with Crippen molar-refractivity contribution in [1.82, 2.24) is 15.2 Å². The number of aromatic nitrogens is 3. The number of nitrogens with one attached hydrogen (secondary N) is 1. The third kappa shape index (κ3) is 4.02. The van der Waals surface area contributed by atoms with Crippen LogP contribution in [-0.2, 0) is 12.4 Å². The number of nitrogens with zero attached hydrogens (tertiary/aromatic N) is 2. The van der Waals surface area contributed by atoms with E-state index in [1.54, 1.807) is 0 Å². The first-order chi connectivity index (χ1) is 10.8. The largest absolute Gasteiger partial charge is 0.486 e. The molecule has 0 aliphatic rings. The first kappa shape index (κ1) is 14.9. The van der Waals surface area contributed by atoms with Crippen LogP contribution in [0, 0.1) is 0 Å². The molecule has 1 N–H and O–H groups in total. The summed E-state index contributed by atoms with van der Waals surface area (Å²) in [6.45, 7) is 0.365. The third-order valence-electron chi connectivity index (χ3n) is 2.94. The SMILES string of the molecule is Clc1ccccc1CSc1n[nH]c(COc2ccccc2)n1. The summed E-state index contributed by atoms with van der Waals surface area (Å²) in [4.78, 5) is 4.40. The average Bonchev–Trinajstić information content (AvgIpc) is 3.01. The summed E-state index contributed by atoms with van der Waals surface area (Å²) in [5.74, 6) is 2.24. The highest BCUT2D eigenvalue weighted by molar-refractivity contribution is 7.98. The van der Waals surface area contributed by atoms with Crippen molar-refractivity contribution in [2.24, 2.45) is 0 Å². The van der Waals surface area contributed by atoms with Crippen LogP contribution in [0.15, 0.2) is 59.8 Å². The fraction of sp³-hybridized carbons (Fsp3) is 0.125. The normalized spacial score (nSPS) is 10.6. The van der Waals surface area contributed by atoms with Crippen molar-refractivity contribution in [1.29, 1.82) is 0 Å². The summed E-state index contributed by atoms with van der Waals surface area (Å²) in [5.41, 5.74) is 1.07. The third-order valence-corrected chi connectivity index (χ3v) is 4.21. The van der Waals surface area contributed by atoms with Gasteiger partial charge in [0.1, 0.15) is 12.4 Å². The molecule has 1 aromatic heterocycles. The van der Waals surface area contributed by atoms with Crippen LogP contribution in [0.25, 0.3) is 0 Å². The molecule has 0 saturated heterocycles. The topological polar surface area (TPSA) is 50.8 Å². The molecule has 0 spiro atoms. The summed E-state index contributed by atoms with van der Waals surface area (Å²) in [7, 11) is 0. The van der Waals surface area contributed by atoms with Gasteiger partial charge in [0.2, 0.25) is 5.16 Å². The summed E-state index contributed by atoms with van der Waals surface area (Å²) >= 11 is 7.67. The highest BCUT2D eigenvalue weighted by Crippen LogP contribution is 2.24. The van der Waals surface area contributed by atoms with Gasteiger partial charge in [-0.1, -0.05) is 59.8 Å². The number of halogens is 1. The second kappa shape index (κ2) is 7.33. The maximum absolute atomic E-state index is 6.13. The van der Waals surface area contributed by atoms with Crippen LogP contribution in [0.4, 0.5) is 0 Å². The number of H-pyrrole nitrogens is 1. The molecular weight excluding hydrogens is 318 g/mol. The van der Waals surface area contributed by atoms with Gasteiger partial charge in [0.15, 0.2) is 5.82 Å². The Labute approximate surface area is 137 Å². The second-order valence-electron chi connectivity index (χ2n) is 4.55. The molecule has 0 saturated carbocycles. The molecule has 3 aromatic rings. The molecule has 0 fully saturated rings. The van der Waals surface area contributed by atoms with Crippen LogP contribution >= 0.6 is 23.4 Å². The molecule has 0 amide bonds. The van der Waals surface area contributed by atoms with Crippen molar-refractivity contribution in [2.75, 3.05) is 0 Å². The van der Waals surface area contributed by atoms with Gasteiger partial charge in [0, 0.05) is 10.8 Å². The maximum atomic E-state index is 6.13. The predicted molar refractivity (Wildman–Crippen MR) is 88.2 cm³/mol. The van der Waals surface area contributed by atoms with Gasteiger partial charge in [-0.15, -0.1) is 5.10 Å². The number of thioether (sulfide) groups is 1. The molecule has 112 valence electrons. The summed E-state index contributed by atoms with van der Waals surface area (Å²) in [6.07, 6.45) is 0. The number of rotatable bonds is 6. The summed E-state index contributed by atoms with van der Waals surface area (Å²) in [6, 6.07) is 17.4. The lowest BCUT2D eigenvalue weighted by molar-refractivity contribution is 0.296. The van der Waals surface area contributed by atoms with E-state index in [1.807, 2.05) is 54.6 Å². The van der Waals surface area contributed by atoms with E-state index in [9.17, 15) is 0 Å². The second-order valence-corrected chi connectivity index (χ2v) is 5.90. The molecule has 3 rings (SSSR count). The van der Waals surface area contributed by atoms with Gasteiger partial charge < -0.3 is 4.74 Å². The van der Waals surface area contributed by atoms with Crippen LogP contribution in [0.5, 0.6) is 5.75 Å². The molecule has 0 atom stereocenters. The van der Waals surface area contributed by atoms with E-state index < -0.39 is 0 Å². The Kier molecular flexibility index (Phi) is 4.98. The molecule has 0 aliphatic carbocycles. The van der Waals surface area contributed by atoms with Crippen LogP contribution in [0.2, 0.25) is 5.02 Å². The van der Waals surface area contributed by atoms with Crippen molar-refractivity contribution in [2.45, 2.75) is 17.5 Å². The molecule has 4 nitrogen and oxygen atoms in total.